The molecule has 0 saturated heterocycles. The molecule has 1 unspecified atom stereocenters. The van der Waals surface area contributed by atoms with Crippen molar-refractivity contribution in [3.8, 4) is 5.75 Å². The number of hydrogen-bond donors (Lipinski definition) is 1. The van der Waals surface area contributed by atoms with E-state index in [1.807, 2.05) is 13.0 Å². The molecule has 1 N–H and O–H groups in total. The summed E-state index contributed by atoms with van der Waals surface area (Å²) in [6.07, 6.45) is 30.4. The van der Waals surface area contributed by atoms with Gasteiger partial charge >= 0.3 is 0 Å². The molecule has 0 bridgehead atoms. The first-order valence-electron chi connectivity index (χ1n) is 16.7. The highest BCUT2D eigenvalue weighted by molar-refractivity contribution is 5.84. The van der Waals surface area contributed by atoms with Gasteiger partial charge in [0.2, 0.25) is 0 Å². The van der Waals surface area contributed by atoms with Gasteiger partial charge in [0.1, 0.15) is 5.75 Å². The maximum Gasteiger partial charge on any atom is 0.120 e. The summed E-state index contributed by atoms with van der Waals surface area (Å²) in [4.78, 5) is 8.26. The van der Waals surface area contributed by atoms with Crippen molar-refractivity contribution in [3.05, 3.63) is 94.3 Å². The Labute approximate surface area is 253 Å². The second kappa shape index (κ2) is 15.8. The van der Waals surface area contributed by atoms with Crippen molar-refractivity contribution >= 4 is 23.2 Å². The zero-order valence-corrected chi connectivity index (χ0v) is 26.0. The Morgan fingerprint density at radius 3 is 2.74 bits per heavy atom. The molecule has 222 valence electrons. The normalized spacial score (nSPS) is 16.9. The van der Waals surface area contributed by atoms with Crippen LogP contribution in [0, 0.1) is 0 Å². The SMILES string of the molecule is CCCC1CCC=Cc2c(CCCC3=CC=NC(CCCCCc4c[nH]c5ccc(OCC)cc45)=CCC3)cccc21. The number of ether oxygens (including phenoxy) is 1. The summed E-state index contributed by atoms with van der Waals surface area (Å²) in [5.74, 6) is 1.68. The van der Waals surface area contributed by atoms with Crippen LogP contribution in [0.25, 0.3) is 17.0 Å². The van der Waals surface area contributed by atoms with Gasteiger partial charge in [-0.3, -0.25) is 4.99 Å². The molecule has 1 aliphatic heterocycles. The zero-order chi connectivity index (χ0) is 29.0. The standard InChI is InChI=1S/C39H50N2O/c1-3-13-31-16-8-9-22-36-32(19-12-23-37(31)36)18-10-14-30-15-11-21-34(40-27-26-30)20-7-5-6-17-33-29-41-39-25-24-35(42-4-2)28-38(33)39/h9,12,19,21-29,31,41H,3-8,10-11,13-18,20H2,1-2H3. The monoisotopic (exact) mass is 562 g/mol. The third kappa shape index (κ3) is 8.15. The molecule has 5 rings (SSSR count). The highest BCUT2D eigenvalue weighted by atomic mass is 16.5. The number of aromatic amines is 1. The lowest BCUT2D eigenvalue weighted by Crippen LogP contribution is -2.02. The Morgan fingerprint density at radius 1 is 0.929 bits per heavy atom. The molecule has 3 aromatic rings. The molecule has 2 heterocycles. The third-order valence-corrected chi connectivity index (χ3v) is 9.04. The van der Waals surface area contributed by atoms with Gasteiger partial charge in [0.05, 0.1) is 6.61 Å². The number of allylic oxidation sites excluding steroid dienone is 5. The van der Waals surface area contributed by atoms with Crippen molar-refractivity contribution in [2.24, 2.45) is 4.99 Å². The molecule has 2 aliphatic rings. The topological polar surface area (TPSA) is 37.4 Å². The summed E-state index contributed by atoms with van der Waals surface area (Å²) in [6, 6.07) is 13.4. The van der Waals surface area contributed by atoms with E-state index in [1.54, 1.807) is 11.1 Å². The van der Waals surface area contributed by atoms with E-state index in [4.69, 9.17) is 9.73 Å². The molecule has 3 nitrogen and oxygen atoms in total. The zero-order valence-electron chi connectivity index (χ0n) is 26.0. The van der Waals surface area contributed by atoms with Gasteiger partial charge in [-0.1, -0.05) is 61.8 Å². The van der Waals surface area contributed by atoms with Gasteiger partial charge in [-0.25, -0.2) is 0 Å². The number of aromatic nitrogens is 1. The number of nitrogens with zero attached hydrogens (tertiary/aromatic N) is 1. The number of H-pyrrole nitrogens is 1. The molecule has 0 fully saturated rings. The summed E-state index contributed by atoms with van der Waals surface area (Å²) < 4.78 is 5.70. The Kier molecular flexibility index (Phi) is 11.3. The minimum atomic E-state index is 0.702. The van der Waals surface area contributed by atoms with Crippen molar-refractivity contribution < 1.29 is 4.74 Å². The molecule has 1 atom stereocenters. The minimum absolute atomic E-state index is 0.702. The predicted octanol–water partition coefficient (Wildman–Crippen LogP) is 11.1. The predicted molar refractivity (Wildman–Crippen MR) is 181 cm³/mol. The number of fused-ring (bicyclic) bond motifs is 2. The van der Waals surface area contributed by atoms with Crippen LogP contribution in [0.2, 0.25) is 0 Å². The molecule has 0 saturated carbocycles. The van der Waals surface area contributed by atoms with Gasteiger partial charge in [0.15, 0.2) is 0 Å². The van der Waals surface area contributed by atoms with Gasteiger partial charge in [0.25, 0.3) is 0 Å². The first-order valence-corrected chi connectivity index (χ1v) is 16.7. The Balaban J connectivity index is 1.05. The smallest absolute Gasteiger partial charge is 0.120 e. The van der Waals surface area contributed by atoms with E-state index in [0.29, 0.717) is 6.61 Å². The fraction of sp³-hybridized carbons (Fsp3) is 0.462. The van der Waals surface area contributed by atoms with Gasteiger partial charge in [-0.15, -0.1) is 0 Å². The quantitative estimate of drug-likeness (QED) is 0.195. The molecule has 42 heavy (non-hydrogen) atoms. The molecular weight excluding hydrogens is 512 g/mol. The Hall–Kier alpha value is -3.33. The lowest BCUT2D eigenvalue weighted by Gasteiger charge is -2.19. The van der Waals surface area contributed by atoms with Crippen LogP contribution in [0.1, 0.15) is 119 Å². The summed E-state index contributed by atoms with van der Waals surface area (Å²) >= 11 is 0. The molecule has 1 aliphatic carbocycles. The highest BCUT2D eigenvalue weighted by Crippen LogP contribution is 2.35. The molecule has 0 amide bonds. The van der Waals surface area contributed by atoms with Crippen molar-refractivity contribution in [1.82, 2.24) is 4.98 Å². The number of rotatable bonds is 14. The number of benzene rings is 2. The summed E-state index contributed by atoms with van der Waals surface area (Å²) in [5, 5.41) is 1.30. The first kappa shape index (κ1) is 30.1. The minimum Gasteiger partial charge on any atom is -0.494 e. The number of hydrogen-bond acceptors (Lipinski definition) is 2. The van der Waals surface area contributed by atoms with Crippen LogP contribution in [-0.4, -0.2) is 17.8 Å². The van der Waals surface area contributed by atoms with Gasteiger partial charge < -0.3 is 9.72 Å². The van der Waals surface area contributed by atoms with Crippen LogP contribution >= 0.6 is 0 Å². The van der Waals surface area contributed by atoms with E-state index in [2.05, 4.69) is 79.0 Å². The highest BCUT2D eigenvalue weighted by Gasteiger charge is 2.17. The molecule has 3 heteroatoms. The lowest BCUT2D eigenvalue weighted by molar-refractivity contribution is 0.340. The number of unbranched alkanes of at least 4 members (excludes halogenated alkanes) is 2. The van der Waals surface area contributed by atoms with E-state index in [0.717, 1.165) is 43.8 Å². The van der Waals surface area contributed by atoms with Crippen LogP contribution in [0.15, 0.2) is 77.1 Å². The van der Waals surface area contributed by atoms with Crippen molar-refractivity contribution in [2.75, 3.05) is 6.61 Å². The van der Waals surface area contributed by atoms with Gasteiger partial charge in [-0.05, 0) is 136 Å². The van der Waals surface area contributed by atoms with E-state index in [9.17, 15) is 0 Å². The van der Waals surface area contributed by atoms with E-state index in [1.165, 1.54) is 91.1 Å². The summed E-state index contributed by atoms with van der Waals surface area (Å²) in [7, 11) is 0. The van der Waals surface area contributed by atoms with E-state index >= 15 is 0 Å². The lowest BCUT2D eigenvalue weighted by atomic mass is 9.86. The van der Waals surface area contributed by atoms with Crippen molar-refractivity contribution in [2.45, 2.75) is 110 Å². The number of nitrogens with one attached hydrogen (secondary N) is 1. The molecule has 0 radical (unpaired) electrons. The largest absolute Gasteiger partial charge is 0.494 e. The molecular formula is C39H50N2O. The second-order valence-corrected chi connectivity index (χ2v) is 12.1. The third-order valence-electron chi connectivity index (χ3n) is 9.04. The van der Waals surface area contributed by atoms with Gasteiger partial charge in [-0.2, -0.15) is 0 Å². The maximum absolute atomic E-state index is 5.70. The van der Waals surface area contributed by atoms with Crippen LogP contribution in [0.3, 0.4) is 0 Å². The van der Waals surface area contributed by atoms with Crippen molar-refractivity contribution in [1.29, 1.82) is 0 Å². The number of aryl methyl sites for hydroxylation is 2. The Bertz CT molecular complexity index is 1420. The summed E-state index contributed by atoms with van der Waals surface area (Å²) in [5.41, 5.74) is 10.0. The van der Waals surface area contributed by atoms with Crippen LogP contribution < -0.4 is 4.74 Å². The van der Waals surface area contributed by atoms with Crippen LogP contribution in [0.5, 0.6) is 5.75 Å². The molecule has 0 spiro atoms. The summed E-state index contributed by atoms with van der Waals surface area (Å²) in [6.45, 7) is 5.05. The van der Waals surface area contributed by atoms with Crippen LogP contribution in [0.4, 0.5) is 0 Å². The number of aliphatic imine (C=N–C) groups is 1. The molecule has 2 aromatic carbocycles. The van der Waals surface area contributed by atoms with Crippen LogP contribution in [-0.2, 0) is 12.8 Å². The van der Waals surface area contributed by atoms with E-state index in [-0.39, 0.29) is 0 Å². The Morgan fingerprint density at radius 2 is 1.83 bits per heavy atom. The first-order chi connectivity index (χ1) is 20.7. The fourth-order valence-corrected chi connectivity index (χ4v) is 6.81. The van der Waals surface area contributed by atoms with Gasteiger partial charge in [0, 0.05) is 29.0 Å². The average molecular weight is 563 g/mol. The van der Waals surface area contributed by atoms with Crippen molar-refractivity contribution in [3.63, 3.8) is 0 Å². The fourth-order valence-electron chi connectivity index (χ4n) is 6.81. The average Bonchev–Trinajstić information content (AvgIpc) is 3.27. The maximum atomic E-state index is 5.70. The second-order valence-electron chi connectivity index (χ2n) is 12.1. The van der Waals surface area contributed by atoms with E-state index < -0.39 is 0 Å². The molecule has 1 aromatic heterocycles.